The number of methoxy groups -OCH3 is 1. The Morgan fingerprint density at radius 1 is 1.10 bits per heavy atom. The summed E-state index contributed by atoms with van der Waals surface area (Å²) in [4.78, 5) is 20.2. The number of hydrogen-bond acceptors (Lipinski definition) is 4. The van der Waals surface area contributed by atoms with Crippen molar-refractivity contribution in [1.82, 2.24) is 15.2 Å². The fraction of sp³-hybridized carbons (Fsp3) is 0.318. The number of nitrogens with one attached hydrogen (secondary N) is 2. The first-order valence-electron chi connectivity index (χ1n) is 9.80. The number of benzene rings is 2. The Balaban J connectivity index is 1.24. The molecule has 0 aliphatic carbocycles. The summed E-state index contributed by atoms with van der Waals surface area (Å²) in [5.41, 5.74) is 2.48. The number of H-pyrrole nitrogens is 1. The molecule has 1 amide bonds. The number of aromatic amines is 1. The lowest BCUT2D eigenvalue weighted by Gasteiger charge is -2.36. The average molecular weight is 396 g/mol. The summed E-state index contributed by atoms with van der Waals surface area (Å²) in [5, 5.41) is 3.97. The maximum Gasteiger partial charge on any atom is 0.267 e. The Bertz CT molecular complexity index is 978. The van der Waals surface area contributed by atoms with E-state index in [0.29, 0.717) is 12.2 Å². The number of halogens is 1. The van der Waals surface area contributed by atoms with Gasteiger partial charge in [0.05, 0.1) is 7.11 Å². The molecule has 152 valence electrons. The zero-order chi connectivity index (χ0) is 20.2. The molecule has 4 rings (SSSR count). The average Bonchev–Trinajstić information content (AvgIpc) is 3.18. The van der Waals surface area contributed by atoms with Gasteiger partial charge >= 0.3 is 0 Å². The molecule has 2 N–H and O–H groups in total. The fourth-order valence-electron chi connectivity index (χ4n) is 3.66. The lowest BCUT2D eigenvalue weighted by atomic mass is 10.2. The van der Waals surface area contributed by atoms with Gasteiger partial charge in [0.1, 0.15) is 17.3 Å². The molecular formula is C22H25FN4O2. The van der Waals surface area contributed by atoms with E-state index in [2.05, 4.69) is 20.1 Å². The van der Waals surface area contributed by atoms with Gasteiger partial charge < -0.3 is 19.9 Å². The Morgan fingerprint density at radius 3 is 2.59 bits per heavy atom. The van der Waals surface area contributed by atoms with Gasteiger partial charge in [-0.05, 0) is 42.5 Å². The number of nitrogens with zero attached hydrogens (tertiary/aromatic N) is 2. The zero-order valence-electron chi connectivity index (χ0n) is 16.5. The quantitative estimate of drug-likeness (QED) is 0.673. The highest BCUT2D eigenvalue weighted by molar-refractivity contribution is 5.98. The van der Waals surface area contributed by atoms with E-state index in [9.17, 15) is 9.18 Å². The molecule has 1 aliphatic heterocycles. The van der Waals surface area contributed by atoms with Crippen LogP contribution < -0.4 is 15.0 Å². The molecule has 0 atom stereocenters. The van der Waals surface area contributed by atoms with Gasteiger partial charge in [-0.25, -0.2) is 4.39 Å². The largest absolute Gasteiger partial charge is 0.497 e. The fourth-order valence-corrected chi connectivity index (χ4v) is 3.66. The molecule has 0 spiro atoms. The summed E-state index contributed by atoms with van der Waals surface area (Å²) in [6.45, 7) is 5.01. The molecule has 0 radical (unpaired) electrons. The second-order valence-electron chi connectivity index (χ2n) is 7.20. The molecule has 0 saturated carbocycles. The molecule has 3 aromatic rings. The van der Waals surface area contributed by atoms with Gasteiger partial charge in [-0.3, -0.25) is 9.69 Å². The summed E-state index contributed by atoms with van der Waals surface area (Å²) in [6, 6.07) is 14.2. The maximum absolute atomic E-state index is 13.1. The van der Waals surface area contributed by atoms with Crippen LogP contribution in [0.5, 0.6) is 5.75 Å². The standard InChI is InChI=1S/C22H25FN4O2/c1-29-19-7-2-16-14-21(25-20(16)15-19)22(28)24-8-9-26-10-12-27(13-11-26)18-5-3-17(23)4-6-18/h2-7,14-15,25H,8-13H2,1H3,(H,24,28). The molecule has 2 heterocycles. The van der Waals surface area contributed by atoms with E-state index in [1.54, 1.807) is 7.11 Å². The second kappa shape index (κ2) is 8.53. The van der Waals surface area contributed by atoms with Crippen LogP contribution in [-0.4, -0.2) is 62.2 Å². The number of amides is 1. The summed E-state index contributed by atoms with van der Waals surface area (Å²) in [6.07, 6.45) is 0. The molecule has 6 nitrogen and oxygen atoms in total. The highest BCUT2D eigenvalue weighted by atomic mass is 19.1. The van der Waals surface area contributed by atoms with Crippen LogP contribution in [0.1, 0.15) is 10.5 Å². The van der Waals surface area contributed by atoms with Crippen LogP contribution >= 0.6 is 0 Å². The van der Waals surface area contributed by atoms with Crippen LogP contribution in [0.25, 0.3) is 10.9 Å². The van der Waals surface area contributed by atoms with Crippen LogP contribution in [0, 0.1) is 5.82 Å². The molecular weight excluding hydrogens is 371 g/mol. The third-order valence-corrected chi connectivity index (χ3v) is 5.35. The Morgan fingerprint density at radius 2 is 1.86 bits per heavy atom. The first kappa shape index (κ1) is 19.3. The van der Waals surface area contributed by atoms with Gasteiger partial charge in [0, 0.05) is 61.9 Å². The van der Waals surface area contributed by atoms with Crippen LogP contribution in [0.15, 0.2) is 48.5 Å². The van der Waals surface area contributed by atoms with E-state index in [1.807, 2.05) is 36.4 Å². The van der Waals surface area contributed by atoms with E-state index in [-0.39, 0.29) is 11.7 Å². The van der Waals surface area contributed by atoms with Crippen LogP contribution in [-0.2, 0) is 0 Å². The highest BCUT2D eigenvalue weighted by Gasteiger charge is 2.17. The van der Waals surface area contributed by atoms with Gasteiger partial charge in [-0.15, -0.1) is 0 Å². The monoisotopic (exact) mass is 396 g/mol. The Labute approximate surface area is 169 Å². The number of anilines is 1. The van der Waals surface area contributed by atoms with Crippen molar-refractivity contribution in [2.75, 3.05) is 51.3 Å². The van der Waals surface area contributed by atoms with Gasteiger partial charge in [0.2, 0.25) is 0 Å². The van der Waals surface area contributed by atoms with Crippen LogP contribution in [0.2, 0.25) is 0 Å². The number of hydrogen-bond donors (Lipinski definition) is 2. The molecule has 1 aromatic heterocycles. The van der Waals surface area contributed by atoms with Crippen LogP contribution in [0.3, 0.4) is 0 Å². The van der Waals surface area contributed by atoms with Crippen molar-refractivity contribution in [3.8, 4) is 5.75 Å². The maximum atomic E-state index is 13.1. The second-order valence-corrected chi connectivity index (χ2v) is 7.20. The van der Waals surface area contributed by atoms with Crippen molar-refractivity contribution in [3.05, 3.63) is 60.0 Å². The van der Waals surface area contributed by atoms with E-state index in [0.717, 1.165) is 55.1 Å². The zero-order valence-corrected chi connectivity index (χ0v) is 16.5. The third-order valence-electron chi connectivity index (χ3n) is 5.35. The topological polar surface area (TPSA) is 60.6 Å². The van der Waals surface area contributed by atoms with Gasteiger partial charge in [-0.1, -0.05) is 0 Å². The number of rotatable bonds is 6. The normalized spacial score (nSPS) is 14.9. The number of fused-ring (bicyclic) bond motifs is 1. The van der Waals surface area contributed by atoms with Crippen molar-refractivity contribution in [2.45, 2.75) is 0 Å². The smallest absolute Gasteiger partial charge is 0.267 e. The predicted octanol–water partition coefficient (Wildman–Crippen LogP) is 2.87. The minimum absolute atomic E-state index is 0.106. The molecule has 0 unspecified atom stereocenters. The SMILES string of the molecule is COc1ccc2cc(C(=O)NCCN3CCN(c4ccc(F)cc4)CC3)[nH]c2c1. The first-order valence-corrected chi connectivity index (χ1v) is 9.80. The summed E-state index contributed by atoms with van der Waals surface area (Å²) < 4.78 is 18.3. The molecule has 1 saturated heterocycles. The van der Waals surface area contributed by atoms with E-state index < -0.39 is 0 Å². The molecule has 1 aliphatic rings. The number of ether oxygens (including phenoxy) is 1. The van der Waals surface area contributed by atoms with Crippen molar-refractivity contribution in [1.29, 1.82) is 0 Å². The van der Waals surface area contributed by atoms with Crippen LogP contribution in [0.4, 0.5) is 10.1 Å². The minimum Gasteiger partial charge on any atom is -0.497 e. The lowest BCUT2D eigenvalue weighted by molar-refractivity contribution is 0.0943. The molecule has 0 bridgehead atoms. The van der Waals surface area contributed by atoms with Crippen molar-refractivity contribution < 1.29 is 13.9 Å². The van der Waals surface area contributed by atoms with Gasteiger partial charge in [-0.2, -0.15) is 0 Å². The molecule has 1 fully saturated rings. The number of piperazine rings is 1. The van der Waals surface area contributed by atoms with E-state index >= 15 is 0 Å². The van der Waals surface area contributed by atoms with E-state index in [1.165, 1.54) is 12.1 Å². The number of carbonyl (C=O) groups is 1. The Hall–Kier alpha value is -3.06. The highest BCUT2D eigenvalue weighted by Crippen LogP contribution is 2.21. The van der Waals surface area contributed by atoms with Gasteiger partial charge in [0.25, 0.3) is 5.91 Å². The molecule has 7 heteroatoms. The van der Waals surface area contributed by atoms with Gasteiger partial charge in [0.15, 0.2) is 0 Å². The minimum atomic E-state index is -0.211. The van der Waals surface area contributed by atoms with Crippen molar-refractivity contribution >= 4 is 22.5 Å². The molecule has 29 heavy (non-hydrogen) atoms. The summed E-state index contributed by atoms with van der Waals surface area (Å²) in [5.74, 6) is 0.438. The summed E-state index contributed by atoms with van der Waals surface area (Å²) in [7, 11) is 1.62. The lowest BCUT2D eigenvalue weighted by Crippen LogP contribution is -2.48. The van der Waals surface area contributed by atoms with Crippen molar-refractivity contribution in [3.63, 3.8) is 0 Å². The molecule has 2 aromatic carbocycles. The first-order chi connectivity index (χ1) is 14.1. The Kier molecular flexibility index (Phi) is 5.67. The number of carbonyl (C=O) groups excluding carboxylic acids is 1. The third kappa shape index (κ3) is 4.51. The van der Waals surface area contributed by atoms with Crippen molar-refractivity contribution in [2.24, 2.45) is 0 Å². The predicted molar refractivity (Wildman–Crippen MR) is 112 cm³/mol. The summed E-state index contributed by atoms with van der Waals surface area (Å²) >= 11 is 0. The van der Waals surface area contributed by atoms with E-state index in [4.69, 9.17) is 4.74 Å². The number of aromatic nitrogens is 1.